The fraction of sp³-hybridized carbons (Fsp3) is 0.429. The third kappa shape index (κ3) is 5.09. The molecular weight excluding hydrogens is 502 g/mol. The van der Waals surface area contributed by atoms with E-state index in [-0.39, 0.29) is 28.8 Å². The Morgan fingerprint density at radius 1 is 1.13 bits per heavy atom. The minimum Gasteiger partial charge on any atom is -0.371 e. The fourth-order valence-corrected chi connectivity index (χ4v) is 5.69. The van der Waals surface area contributed by atoms with Crippen LogP contribution in [0, 0.1) is 18.6 Å². The fourth-order valence-electron chi connectivity index (χ4n) is 5.69. The molecule has 0 aliphatic carbocycles. The molecule has 39 heavy (non-hydrogen) atoms. The first-order chi connectivity index (χ1) is 18.8. The number of aryl methyl sites for hydroxylation is 1. The lowest BCUT2D eigenvalue weighted by atomic mass is 10.0. The van der Waals surface area contributed by atoms with Crippen molar-refractivity contribution in [2.24, 2.45) is 0 Å². The molecule has 9 nitrogen and oxygen atoms in total. The van der Waals surface area contributed by atoms with E-state index in [1.165, 1.54) is 6.07 Å². The number of nitrogens with zero attached hydrogens (tertiary/aromatic N) is 6. The van der Waals surface area contributed by atoms with Gasteiger partial charge < -0.3 is 19.9 Å². The van der Waals surface area contributed by atoms with E-state index in [9.17, 15) is 8.78 Å². The Morgan fingerprint density at radius 3 is 2.74 bits per heavy atom. The maximum atomic E-state index is 15.0. The van der Waals surface area contributed by atoms with Gasteiger partial charge >= 0.3 is 0 Å². The number of halogens is 2. The van der Waals surface area contributed by atoms with E-state index >= 15 is 0 Å². The second-order valence-electron chi connectivity index (χ2n) is 10.7. The average molecular weight is 535 g/mol. The first-order valence-electron chi connectivity index (χ1n) is 13.3. The SMILES string of the molecule is Cc1nc2c(F)cc(-c3nc(Nc4ccc(CN5CCO[C@]6(CCNC6)C5)cn4)ncc3F)cc2n1C(C)C. The van der Waals surface area contributed by atoms with Gasteiger partial charge in [0.2, 0.25) is 5.95 Å². The number of anilines is 2. The van der Waals surface area contributed by atoms with E-state index in [2.05, 4.69) is 35.5 Å². The highest BCUT2D eigenvalue weighted by molar-refractivity contribution is 5.83. The number of morpholine rings is 1. The van der Waals surface area contributed by atoms with Gasteiger partial charge in [0.15, 0.2) is 11.6 Å². The van der Waals surface area contributed by atoms with Crippen LogP contribution in [0.25, 0.3) is 22.3 Å². The predicted molar refractivity (Wildman–Crippen MR) is 145 cm³/mol. The number of aromatic nitrogens is 5. The smallest absolute Gasteiger partial charge is 0.229 e. The number of pyridine rings is 1. The van der Waals surface area contributed by atoms with Crippen LogP contribution < -0.4 is 10.6 Å². The maximum absolute atomic E-state index is 15.0. The van der Waals surface area contributed by atoms with Gasteiger partial charge in [-0.15, -0.1) is 0 Å². The van der Waals surface area contributed by atoms with E-state index in [1.54, 1.807) is 6.07 Å². The number of ether oxygens (including phenoxy) is 1. The Balaban J connectivity index is 1.20. The Hall–Kier alpha value is -3.54. The van der Waals surface area contributed by atoms with Crippen molar-refractivity contribution >= 4 is 22.8 Å². The highest BCUT2D eigenvalue weighted by Gasteiger charge is 2.39. The second-order valence-corrected chi connectivity index (χ2v) is 10.7. The molecule has 2 N–H and O–H groups in total. The van der Waals surface area contributed by atoms with Crippen molar-refractivity contribution in [1.29, 1.82) is 0 Å². The zero-order chi connectivity index (χ0) is 27.1. The molecule has 2 aliphatic rings. The van der Waals surface area contributed by atoms with Crippen LogP contribution >= 0.6 is 0 Å². The molecule has 0 saturated carbocycles. The number of nitrogens with one attached hydrogen (secondary N) is 2. The van der Waals surface area contributed by atoms with Crippen LogP contribution in [0.5, 0.6) is 0 Å². The number of imidazole rings is 1. The lowest BCUT2D eigenvalue weighted by molar-refractivity contribution is -0.0984. The number of hydrogen-bond acceptors (Lipinski definition) is 8. The molecule has 5 heterocycles. The van der Waals surface area contributed by atoms with Gasteiger partial charge in [-0.2, -0.15) is 0 Å². The molecule has 0 amide bonds. The standard InChI is InChI=1S/C28H32F2N8O/c1-17(2)38-18(3)34-26-21(29)10-20(11-23(26)38)25-22(30)13-33-27(36-25)35-24-5-4-19(12-32-24)14-37-8-9-39-28(16-37)6-7-31-15-28/h4-5,10-13,17,31H,6-9,14-16H2,1-3H3,(H,32,33,35,36)/t28-/m0/s1. The van der Waals surface area contributed by atoms with Gasteiger partial charge in [0.25, 0.3) is 0 Å². The van der Waals surface area contributed by atoms with Crippen LogP contribution in [0.15, 0.2) is 36.7 Å². The van der Waals surface area contributed by atoms with Crippen molar-refractivity contribution in [3.8, 4) is 11.3 Å². The summed E-state index contributed by atoms with van der Waals surface area (Å²) in [5.74, 6) is 0.232. The summed E-state index contributed by atoms with van der Waals surface area (Å²) in [4.78, 5) is 19.7. The number of benzene rings is 1. The summed E-state index contributed by atoms with van der Waals surface area (Å²) in [5, 5.41) is 6.45. The number of hydrogen-bond donors (Lipinski definition) is 2. The Kier molecular flexibility index (Phi) is 6.74. The van der Waals surface area contributed by atoms with Crippen molar-refractivity contribution in [3.05, 3.63) is 59.7 Å². The molecule has 4 aromatic rings. The Labute approximate surface area is 225 Å². The molecule has 3 aromatic heterocycles. The van der Waals surface area contributed by atoms with Crippen molar-refractivity contribution < 1.29 is 13.5 Å². The normalized spacial score (nSPS) is 19.9. The summed E-state index contributed by atoms with van der Waals surface area (Å²) in [6.45, 7) is 11.0. The largest absolute Gasteiger partial charge is 0.371 e. The first-order valence-corrected chi connectivity index (χ1v) is 13.3. The van der Waals surface area contributed by atoms with Crippen LogP contribution in [0.1, 0.15) is 37.7 Å². The lowest BCUT2D eigenvalue weighted by Gasteiger charge is -2.40. The third-order valence-corrected chi connectivity index (χ3v) is 7.46. The molecule has 0 radical (unpaired) electrons. The lowest BCUT2D eigenvalue weighted by Crippen LogP contribution is -2.52. The van der Waals surface area contributed by atoms with Crippen LogP contribution in [-0.4, -0.2) is 67.8 Å². The molecule has 0 unspecified atom stereocenters. The predicted octanol–water partition coefficient (Wildman–Crippen LogP) is 4.36. The van der Waals surface area contributed by atoms with Crippen molar-refractivity contribution in [2.45, 2.75) is 45.4 Å². The summed E-state index contributed by atoms with van der Waals surface area (Å²) in [7, 11) is 0. The minimum atomic E-state index is -0.643. The summed E-state index contributed by atoms with van der Waals surface area (Å²) in [6, 6.07) is 6.91. The molecule has 1 atom stereocenters. The number of rotatable bonds is 6. The van der Waals surface area contributed by atoms with Crippen LogP contribution in [0.4, 0.5) is 20.5 Å². The first kappa shape index (κ1) is 25.7. The van der Waals surface area contributed by atoms with E-state index in [0.717, 1.165) is 57.5 Å². The summed E-state index contributed by atoms with van der Waals surface area (Å²) >= 11 is 0. The summed E-state index contributed by atoms with van der Waals surface area (Å²) in [5.41, 5.74) is 2.18. The Morgan fingerprint density at radius 2 is 2.00 bits per heavy atom. The molecule has 2 fully saturated rings. The molecule has 2 saturated heterocycles. The van der Waals surface area contributed by atoms with E-state index in [4.69, 9.17) is 4.74 Å². The zero-order valence-electron chi connectivity index (χ0n) is 22.3. The van der Waals surface area contributed by atoms with Gasteiger partial charge in [-0.25, -0.2) is 28.7 Å². The molecule has 0 bridgehead atoms. The van der Waals surface area contributed by atoms with Gasteiger partial charge in [0, 0.05) is 44.0 Å². The van der Waals surface area contributed by atoms with Gasteiger partial charge in [0.1, 0.15) is 22.9 Å². The Bertz CT molecular complexity index is 1500. The summed E-state index contributed by atoms with van der Waals surface area (Å²) < 4.78 is 37.8. The molecular formula is C28H32F2N8O. The maximum Gasteiger partial charge on any atom is 0.229 e. The van der Waals surface area contributed by atoms with Gasteiger partial charge in [0.05, 0.1) is 23.9 Å². The summed E-state index contributed by atoms with van der Waals surface area (Å²) in [6.07, 6.45) is 3.94. The second kappa shape index (κ2) is 10.2. The average Bonchev–Trinajstić information content (AvgIpc) is 3.50. The topological polar surface area (TPSA) is 93.0 Å². The molecule has 1 aromatic carbocycles. The van der Waals surface area contributed by atoms with Crippen LogP contribution in [-0.2, 0) is 11.3 Å². The van der Waals surface area contributed by atoms with Crippen molar-refractivity contribution in [3.63, 3.8) is 0 Å². The number of fused-ring (bicyclic) bond motifs is 1. The molecule has 6 rings (SSSR count). The quantitative estimate of drug-likeness (QED) is 0.377. The van der Waals surface area contributed by atoms with Crippen molar-refractivity contribution in [1.82, 2.24) is 34.7 Å². The highest BCUT2D eigenvalue weighted by atomic mass is 19.1. The van der Waals surface area contributed by atoms with E-state index in [1.807, 2.05) is 43.7 Å². The minimum absolute atomic E-state index is 0.00160. The molecule has 2 aliphatic heterocycles. The van der Waals surface area contributed by atoms with Gasteiger partial charge in [-0.1, -0.05) is 6.07 Å². The van der Waals surface area contributed by atoms with E-state index < -0.39 is 11.6 Å². The third-order valence-electron chi connectivity index (χ3n) is 7.46. The van der Waals surface area contributed by atoms with Crippen LogP contribution in [0.2, 0.25) is 0 Å². The van der Waals surface area contributed by atoms with E-state index in [0.29, 0.717) is 22.7 Å². The highest BCUT2D eigenvalue weighted by Crippen LogP contribution is 2.31. The van der Waals surface area contributed by atoms with Gasteiger partial charge in [-0.3, -0.25) is 4.90 Å². The molecule has 204 valence electrons. The van der Waals surface area contributed by atoms with Crippen LogP contribution in [0.3, 0.4) is 0 Å². The van der Waals surface area contributed by atoms with Crippen molar-refractivity contribution in [2.75, 3.05) is 38.1 Å². The zero-order valence-corrected chi connectivity index (χ0v) is 22.3. The monoisotopic (exact) mass is 534 g/mol. The molecule has 11 heteroatoms. The molecule has 1 spiro atoms. The van der Waals surface area contributed by atoms with Gasteiger partial charge in [-0.05, 0) is 57.5 Å².